The van der Waals surface area contributed by atoms with Crippen LogP contribution in [0, 0.1) is 0 Å². The van der Waals surface area contributed by atoms with Crippen molar-refractivity contribution >= 4 is 12.4 Å². The highest BCUT2D eigenvalue weighted by Crippen LogP contribution is 2.22. The van der Waals surface area contributed by atoms with Crippen molar-refractivity contribution in [3.63, 3.8) is 0 Å². The van der Waals surface area contributed by atoms with Gasteiger partial charge in [0.15, 0.2) is 0 Å². The third-order valence-electron chi connectivity index (χ3n) is 9.06. The fraction of sp³-hybridized carbons (Fsp3) is 0.714. The average molecular weight is 702 g/mol. The molecule has 0 aliphatic carbocycles. The maximum Gasteiger partial charge on any atom is 0.0205 e. The van der Waals surface area contributed by atoms with Crippen LogP contribution in [0.15, 0.2) is 48.5 Å². The Balaban J connectivity index is 0.0000120. The third-order valence-corrected chi connectivity index (χ3v) is 9.06. The highest BCUT2D eigenvalue weighted by molar-refractivity contribution is 5.85. The lowest BCUT2D eigenvalue weighted by molar-refractivity contribution is 0.543. The van der Waals surface area contributed by atoms with Crippen molar-refractivity contribution in [1.29, 1.82) is 0 Å². The summed E-state index contributed by atoms with van der Waals surface area (Å²) in [6.07, 6.45) is 21.2. The van der Waals surface area contributed by atoms with E-state index in [0.29, 0.717) is 0 Å². The molecule has 2 rings (SSSR count). The van der Waals surface area contributed by atoms with E-state index in [0.717, 1.165) is 78.3 Å². The quantitative estimate of drug-likeness (QED) is 0.0405. The normalized spacial score (nSPS) is 11.2. The first-order valence-corrected chi connectivity index (χ1v) is 20.3. The SMILES string of the molecule is CCCCCCCCNCCCNCCCNCc1cc(CNCCCNCCCNCCCCCCCC)cc(-c2ccccc2)c1.Cl. The molecular weight excluding hydrogens is 624 g/mol. The van der Waals surface area contributed by atoms with Crippen LogP contribution in [0.5, 0.6) is 0 Å². The minimum Gasteiger partial charge on any atom is -0.317 e. The third kappa shape index (κ3) is 26.9. The summed E-state index contributed by atoms with van der Waals surface area (Å²) in [6, 6.07) is 17.9. The van der Waals surface area contributed by atoms with Gasteiger partial charge in [0, 0.05) is 13.1 Å². The van der Waals surface area contributed by atoms with Crippen molar-refractivity contribution < 1.29 is 0 Å². The first-order chi connectivity index (χ1) is 23.8. The lowest BCUT2D eigenvalue weighted by atomic mass is 9.99. The van der Waals surface area contributed by atoms with E-state index in [1.165, 1.54) is 125 Å². The molecule has 0 heterocycles. The number of benzene rings is 2. The number of halogens is 1. The number of unbranched alkanes of at least 4 members (excludes halogenated alkanes) is 10. The molecule has 0 saturated carbocycles. The van der Waals surface area contributed by atoms with Gasteiger partial charge in [0.25, 0.3) is 0 Å². The minimum absolute atomic E-state index is 0. The number of rotatable bonds is 35. The maximum absolute atomic E-state index is 3.69. The molecule has 0 aromatic heterocycles. The van der Waals surface area contributed by atoms with E-state index in [2.05, 4.69) is 94.3 Å². The average Bonchev–Trinajstić information content (AvgIpc) is 3.11. The Hall–Kier alpha value is -1.51. The van der Waals surface area contributed by atoms with E-state index in [1.807, 2.05) is 0 Å². The van der Waals surface area contributed by atoms with Gasteiger partial charge in [0.2, 0.25) is 0 Å². The molecule has 2 aromatic carbocycles. The molecule has 0 amide bonds. The van der Waals surface area contributed by atoms with Gasteiger partial charge in [-0.25, -0.2) is 0 Å². The molecule has 0 atom stereocenters. The summed E-state index contributed by atoms with van der Waals surface area (Å²) < 4.78 is 0. The van der Waals surface area contributed by atoms with Crippen LogP contribution >= 0.6 is 12.4 Å². The van der Waals surface area contributed by atoms with Crippen molar-refractivity contribution in [3.05, 3.63) is 59.7 Å². The van der Waals surface area contributed by atoms with Gasteiger partial charge in [-0.1, -0.05) is 114 Å². The van der Waals surface area contributed by atoms with Gasteiger partial charge < -0.3 is 31.9 Å². The van der Waals surface area contributed by atoms with Gasteiger partial charge >= 0.3 is 0 Å². The van der Waals surface area contributed by atoms with Crippen LogP contribution in [0.25, 0.3) is 11.1 Å². The minimum atomic E-state index is 0. The van der Waals surface area contributed by atoms with Crippen LogP contribution in [-0.4, -0.2) is 65.4 Å². The summed E-state index contributed by atoms with van der Waals surface area (Å²) >= 11 is 0. The zero-order valence-electron chi connectivity index (χ0n) is 31.8. The molecule has 7 heteroatoms. The van der Waals surface area contributed by atoms with Gasteiger partial charge in [-0.15, -0.1) is 12.4 Å². The largest absolute Gasteiger partial charge is 0.317 e. The van der Waals surface area contributed by atoms with E-state index >= 15 is 0 Å². The van der Waals surface area contributed by atoms with Crippen LogP contribution < -0.4 is 31.9 Å². The zero-order chi connectivity index (χ0) is 34.0. The Morgan fingerprint density at radius 3 is 1.10 bits per heavy atom. The molecule has 0 fully saturated rings. The molecule has 0 saturated heterocycles. The Labute approximate surface area is 309 Å². The summed E-state index contributed by atoms with van der Waals surface area (Å²) in [5, 5.41) is 21.8. The van der Waals surface area contributed by atoms with Crippen LogP contribution in [0.3, 0.4) is 0 Å². The van der Waals surface area contributed by atoms with Crippen LogP contribution in [0.4, 0.5) is 0 Å². The molecule has 6 N–H and O–H groups in total. The summed E-state index contributed by atoms with van der Waals surface area (Å²) in [5.41, 5.74) is 5.33. The molecule has 6 nitrogen and oxygen atoms in total. The van der Waals surface area contributed by atoms with Gasteiger partial charge in [-0.05, 0) is 138 Å². The Kier molecular flexibility index (Phi) is 32.4. The van der Waals surface area contributed by atoms with Gasteiger partial charge in [-0.3, -0.25) is 0 Å². The summed E-state index contributed by atoms with van der Waals surface area (Å²) in [7, 11) is 0. The van der Waals surface area contributed by atoms with Crippen molar-refractivity contribution in [2.24, 2.45) is 0 Å². The Morgan fingerprint density at radius 1 is 0.347 bits per heavy atom. The van der Waals surface area contributed by atoms with E-state index in [1.54, 1.807) is 0 Å². The lowest BCUT2D eigenvalue weighted by Crippen LogP contribution is -2.25. The molecule has 0 bridgehead atoms. The molecular formula is C42H77ClN6. The van der Waals surface area contributed by atoms with Crippen LogP contribution in [-0.2, 0) is 13.1 Å². The van der Waals surface area contributed by atoms with Crippen molar-refractivity contribution in [3.8, 4) is 11.1 Å². The monoisotopic (exact) mass is 701 g/mol. The first-order valence-electron chi connectivity index (χ1n) is 20.3. The second-order valence-corrected chi connectivity index (χ2v) is 13.7. The Morgan fingerprint density at radius 2 is 0.694 bits per heavy atom. The number of hydrogen-bond donors (Lipinski definition) is 6. The molecule has 0 unspecified atom stereocenters. The zero-order valence-corrected chi connectivity index (χ0v) is 32.6. The highest BCUT2D eigenvalue weighted by Gasteiger charge is 2.04. The second kappa shape index (κ2) is 34.9. The van der Waals surface area contributed by atoms with Crippen molar-refractivity contribution in [2.45, 2.75) is 130 Å². The standard InChI is InChI=1S/C42H76N6.ClH/c1-3-5-7-9-11-16-24-43-26-18-28-45-30-20-32-47-37-39-34-40(36-42(35-39)41-22-14-13-15-23-41)38-48-33-21-31-46-29-19-27-44-25-17-12-10-8-6-4-2;/h13-15,22-23,34-36,43-48H,3-12,16-21,24-33,37-38H2,1-2H3;1H. The van der Waals surface area contributed by atoms with E-state index in [4.69, 9.17) is 0 Å². The summed E-state index contributed by atoms with van der Waals surface area (Å²) in [4.78, 5) is 0. The first kappa shape index (κ1) is 45.5. The van der Waals surface area contributed by atoms with Crippen molar-refractivity contribution in [2.75, 3.05) is 65.4 Å². The fourth-order valence-electron chi connectivity index (χ4n) is 6.14. The molecule has 49 heavy (non-hydrogen) atoms. The van der Waals surface area contributed by atoms with Gasteiger partial charge in [0.1, 0.15) is 0 Å². The fourth-order valence-corrected chi connectivity index (χ4v) is 6.14. The van der Waals surface area contributed by atoms with Crippen LogP contribution in [0.1, 0.15) is 128 Å². The molecule has 0 radical (unpaired) electrons. The summed E-state index contributed by atoms with van der Waals surface area (Å²) in [6.45, 7) is 17.4. The molecule has 0 aliphatic heterocycles. The molecule has 0 spiro atoms. The number of hydrogen-bond acceptors (Lipinski definition) is 6. The molecule has 282 valence electrons. The van der Waals surface area contributed by atoms with E-state index in [9.17, 15) is 0 Å². The van der Waals surface area contributed by atoms with Crippen molar-refractivity contribution in [1.82, 2.24) is 31.9 Å². The topological polar surface area (TPSA) is 72.2 Å². The summed E-state index contributed by atoms with van der Waals surface area (Å²) in [5.74, 6) is 0. The molecule has 0 aliphatic rings. The number of nitrogens with one attached hydrogen (secondary N) is 6. The predicted octanol–water partition coefficient (Wildman–Crippen LogP) is 8.59. The Bertz CT molecular complexity index is 905. The molecule has 2 aromatic rings. The lowest BCUT2D eigenvalue weighted by Gasteiger charge is -2.13. The highest BCUT2D eigenvalue weighted by atomic mass is 35.5. The second-order valence-electron chi connectivity index (χ2n) is 13.7. The van der Waals surface area contributed by atoms with Gasteiger partial charge in [0.05, 0.1) is 0 Å². The van der Waals surface area contributed by atoms with E-state index < -0.39 is 0 Å². The predicted molar refractivity (Wildman–Crippen MR) is 219 cm³/mol. The smallest absolute Gasteiger partial charge is 0.0205 e. The van der Waals surface area contributed by atoms with Crippen LogP contribution in [0.2, 0.25) is 0 Å². The van der Waals surface area contributed by atoms with Gasteiger partial charge in [-0.2, -0.15) is 0 Å². The van der Waals surface area contributed by atoms with E-state index in [-0.39, 0.29) is 12.4 Å². The maximum atomic E-state index is 3.69.